The molecule has 8 heterocycles. The number of fused-ring (bicyclic) bond motifs is 3. The van der Waals surface area contributed by atoms with Crippen LogP contribution in [0.15, 0.2) is 53.2 Å². The van der Waals surface area contributed by atoms with Crippen molar-refractivity contribution in [3.05, 3.63) is 65.9 Å². The van der Waals surface area contributed by atoms with E-state index in [1.54, 1.807) is 15.8 Å². The maximum absolute atomic E-state index is 12.9. The van der Waals surface area contributed by atoms with Crippen LogP contribution in [-0.4, -0.2) is 99.1 Å². The molecule has 4 aromatic heterocycles. The summed E-state index contributed by atoms with van der Waals surface area (Å²) in [6, 6.07) is 10.5. The van der Waals surface area contributed by atoms with Crippen LogP contribution in [-0.2, 0) is 26.1 Å². The minimum absolute atomic E-state index is 0.0337. The highest BCUT2D eigenvalue weighted by atomic mass is 16.6. The Bertz CT molecular complexity index is 2200. The van der Waals surface area contributed by atoms with Crippen molar-refractivity contribution in [3.63, 3.8) is 0 Å². The summed E-state index contributed by atoms with van der Waals surface area (Å²) >= 11 is 0. The first-order chi connectivity index (χ1) is 24.8. The molecule has 4 saturated heterocycles. The van der Waals surface area contributed by atoms with Gasteiger partial charge in [0.2, 0.25) is 5.88 Å². The second-order valence-corrected chi connectivity index (χ2v) is 13.6. The normalized spacial score (nSPS) is 24.2. The molecule has 0 amide bonds. The summed E-state index contributed by atoms with van der Waals surface area (Å²) in [6.45, 7) is 5.14. The van der Waals surface area contributed by atoms with Crippen molar-refractivity contribution in [2.75, 3.05) is 49.3 Å². The predicted octanol–water partition coefficient (Wildman–Crippen LogP) is 3.86. The lowest BCUT2D eigenvalue weighted by atomic mass is 9.90. The number of rotatable bonds is 6. The number of pyridine rings is 1. The van der Waals surface area contributed by atoms with Crippen LogP contribution in [0.5, 0.6) is 5.88 Å². The number of anilines is 2. The number of furan rings is 1. The fourth-order valence-electron chi connectivity index (χ4n) is 7.55. The molecule has 4 aliphatic rings. The number of nitrogens with zero attached hydrogens (tertiary/aromatic N) is 7. The fraction of sp³-hybridized carbons (Fsp3) is 0.432. The molecule has 4 atom stereocenters. The summed E-state index contributed by atoms with van der Waals surface area (Å²) in [7, 11) is 1.85. The predicted molar refractivity (Wildman–Crippen MR) is 185 cm³/mol. The molecule has 4 fully saturated rings. The maximum Gasteiger partial charge on any atom is 0.326 e. The molecule has 1 spiro atoms. The van der Waals surface area contributed by atoms with Crippen LogP contribution in [0.3, 0.4) is 0 Å². The first-order valence-corrected chi connectivity index (χ1v) is 17.3. The van der Waals surface area contributed by atoms with Crippen molar-refractivity contribution in [3.8, 4) is 17.7 Å². The van der Waals surface area contributed by atoms with Crippen molar-refractivity contribution in [1.29, 1.82) is 0 Å². The second kappa shape index (κ2) is 12.5. The number of hydrogen-bond acceptors (Lipinski definition) is 12. The highest BCUT2D eigenvalue weighted by Crippen LogP contribution is 2.41. The lowest BCUT2D eigenvalue weighted by Crippen LogP contribution is -2.68. The summed E-state index contributed by atoms with van der Waals surface area (Å²) in [5.41, 5.74) is 3.42. The summed E-state index contributed by atoms with van der Waals surface area (Å²) in [5, 5.41) is 15.7. The maximum atomic E-state index is 12.9. The van der Waals surface area contributed by atoms with Gasteiger partial charge in [-0.25, -0.2) is 19.7 Å². The van der Waals surface area contributed by atoms with E-state index in [0.29, 0.717) is 78.4 Å². The van der Waals surface area contributed by atoms with E-state index < -0.39 is 23.7 Å². The van der Waals surface area contributed by atoms with E-state index in [9.17, 15) is 9.90 Å². The van der Waals surface area contributed by atoms with Crippen molar-refractivity contribution >= 4 is 39.5 Å². The van der Waals surface area contributed by atoms with Gasteiger partial charge >= 0.3 is 5.97 Å². The average Bonchev–Trinajstić information content (AvgIpc) is 3.94. The zero-order chi connectivity index (χ0) is 34.7. The van der Waals surface area contributed by atoms with E-state index in [2.05, 4.69) is 28.8 Å². The Balaban J connectivity index is 1.08. The molecular weight excluding hydrogens is 654 g/mol. The Morgan fingerprint density at radius 2 is 2.00 bits per heavy atom. The van der Waals surface area contributed by atoms with E-state index in [1.165, 1.54) is 0 Å². The number of benzene rings is 1. The van der Waals surface area contributed by atoms with Gasteiger partial charge in [-0.05, 0) is 50.0 Å². The molecule has 14 heteroatoms. The third-order valence-electron chi connectivity index (χ3n) is 10.4. The van der Waals surface area contributed by atoms with Gasteiger partial charge in [-0.2, -0.15) is 5.10 Å². The lowest BCUT2D eigenvalue weighted by molar-refractivity contribution is -0.228. The van der Waals surface area contributed by atoms with Crippen LogP contribution in [0, 0.1) is 11.8 Å². The number of morpholine rings is 1. The molecule has 1 N–H and O–H groups in total. The highest BCUT2D eigenvalue weighted by molar-refractivity contribution is 6.06. The SMILES string of the molecule is C[C@@H]1N(c2cc(C#Cc3ccn(C)n3)cnc2O[C@H]2C[C@@H](C(=O)O)N(c3nc([C@@H]4CCCO4)nc4c3oc3ccccc34)C2)CCOC12COC2. The number of carboxylic acids is 1. The molecule has 0 bridgehead atoms. The molecule has 5 aromatic rings. The topological polar surface area (TPSA) is 150 Å². The molecule has 0 radical (unpaired) electrons. The Labute approximate surface area is 293 Å². The molecule has 9 rings (SSSR count). The number of ether oxygens (including phenoxy) is 4. The second-order valence-electron chi connectivity index (χ2n) is 13.6. The quantitative estimate of drug-likeness (QED) is 0.257. The van der Waals surface area contributed by atoms with Gasteiger partial charge in [0, 0.05) is 50.0 Å². The average molecular weight is 692 g/mol. The largest absolute Gasteiger partial charge is 0.480 e. The van der Waals surface area contributed by atoms with Crippen LogP contribution < -0.4 is 14.5 Å². The van der Waals surface area contributed by atoms with Gasteiger partial charge in [0.1, 0.15) is 46.3 Å². The Morgan fingerprint density at radius 1 is 1.12 bits per heavy atom. The van der Waals surface area contributed by atoms with Crippen LogP contribution in [0.4, 0.5) is 11.5 Å². The number of aliphatic carboxylic acids is 1. The van der Waals surface area contributed by atoms with E-state index in [1.807, 2.05) is 49.6 Å². The van der Waals surface area contributed by atoms with E-state index in [0.717, 1.165) is 23.9 Å². The van der Waals surface area contributed by atoms with Gasteiger partial charge in [-0.3, -0.25) is 4.68 Å². The zero-order valence-electron chi connectivity index (χ0n) is 28.3. The highest BCUT2D eigenvalue weighted by Gasteiger charge is 2.50. The van der Waals surface area contributed by atoms with Gasteiger partial charge in [-0.15, -0.1) is 0 Å². The minimum Gasteiger partial charge on any atom is -0.480 e. The number of carbonyl (C=O) groups is 1. The first kappa shape index (κ1) is 31.7. The van der Waals surface area contributed by atoms with Crippen LogP contribution in [0.2, 0.25) is 0 Å². The van der Waals surface area contributed by atoms with Crippen molar-refractivity contribution in [2.45, 2.75) is 56.1 Å². The number of hydrogen-bond donors (Lipinski definition) is 1. The van der Waals surface area contributed by atoms with Crippen LogP contribution in [0.25, 0.3) is 22.1 Å². The third-order valence-corrected chi connectivity index (χ3v) is 10.4. The smallest absolute Gasteiger partial charge is 0.326 e. The van der Waals surface area contributed by atoms with E-state index in [4.69, 9.17) is 38.3 Å². The van der Waals surface area contributed by atoms with E-state index in [-0.39, 0.29) is 25.1 Å². The Kier molecular flexibility index (Phi) is 7.79. The zero-order valence-corrected chi connectivity index (χ0v) is 28.3. The summed E-state index contributed by atoms with van der Waals surface area (Å²) in [5.74, 6) is 6.68. The molecule has 51 heavy (non-hydrogen) atoms. The molecule has 0 aliphatic carbocycles. The van der Waals surface area contributed by atoms with Crippen molar-refractivity contribution in [1.82, 2.24) is 24.7 Å². The molecule has 262 valence electrons. The van der Waals surface area contributed by atoms with Gasteiger partial charge in [0.25, 0.3) is 0 Å². The number of aryl methyl sites for hydroxylation is 1. The third kappa shape index (κ3) is 5.61. The summed E-state index contributed by atoms with van der Waals surface area (Å²) in [6.07, 6.45) is 4.63. The monoisotopic (exact) mass is 691 g/mol. The summed E-state index contributed by atoms with van der Waals surface area (Å²) in [4.78, 5) is 31.5. The molecule has 4 aliphatic heterocycles. The Morgan fingerprint density at radius 3 is 2.76 bits per heavy atom. The molecule has 0 unspecified atom stereocenters. The minimum atomic E-state index is -0.982. The molecule has 0 saturated carbocycles. The number of aromatic nitrogens is 5. The van der Waals surface area contributed by atoms with Gasteiger partial charge in [-0.1, -0.05) is 18.1 Å². The molecule has 1 aromatic carbocycles. The standard InChI is InChI=1S/C37H37N7O7/c1-22-37(20-47-21-37)49-15-13-43(22)27-16-23(9-10-24-11-12-42(2)41-24)18-38-35(27)50-25-17-28(36(45)46)44(19-25)34-32-31(26-6-3-4-7-29(26)51-32)39-33(40-34)30-8-5-14-48-30/h3-4,6-7,11-12,16,18,22,25,28,30H,5,8,13-15,17,19-21H2,1-2H3,(H,45,46)/t22-,25-,28-,30-/m0/s1. The fourth-order valence-corrected chi connectivity index (χ4v) is 7.55. The van der Waals surface area contributed by atoms with Crippen LogP contribution in [0.1, 0.15) is 49.4 Å². The van der Waals surface area contributed by atoms with Gasteiger partial charge in [0.05, 0.1) is 32.4 Å². The molecular formula is C37H37N7O7. The number of carboxylic acid groups (broad SMARTS) is 1. The first-order valence-electron chi connectivity index (χ1n) is 17.3. The lowest BCUT2D eigenvalue weighted by Gasteiger charge is -2.53. The molecule has 14 nitrogen and oxygen atoms in total. The van der Waals surface area contributed by atoms with Crippen LogP contribution >= 0.6 is 0 Å². The van der Waals surface area contributed by atoms with E-state index >= 15 is 0 Å². The van der Waals surface area contributed by atoms with Gasteiger partial charge < -0.3 is 38.3 Å². The van der Waals surface area contributed by atoms with Crippen molar-refractivity contribution < 1.29 is 33.3 Å². The Hall–Kier alpha value is -5.23. The van der Waals surface area contributed by atoms with Crippen molar-refractivity contribution in [2.24, 2.45) is 7.05 Å². The van der Waals surface area contributed by atoms with Gasteiger partial charge in [0.15, 0.2) is 17.2 Å². The number of para-hydroxylation sites is 1. The summed E-state index contributed by atoms with van der Waals surface area (Å²) < 4.78 is 32.5.